The Kier molecular flexibility index (Phi) is 5.21. The third-order valence-electron chi connectivity index (χ3n) is 3.00. The van der Waals surface area contributed by atoms with Crippen LogP contribution >= 0.6 is 34.2 Å². The van der Waals surface area contributed by atoms with Crippen LogP contribution < -0.4 is 11.2 Å². The molecule has 112 valence electrons. The highest BCUT2D eigenvalue weighted by Gasteiger charge is 2.11. The van der Waals surface area contributed by atoms with Crippen LogP contribution in [0.1, 0.15) is 18.9 Å². The smallest absolute Gasteiger partial charge is 0.299 e. The number of rotatable bonds is 4. The molecule has 0 amide bonds. The second-order valence-electron chi connectivity index (χ2n) is 4.58. The van der Waals surface area contributed by atoms with Gasteiger partial charge in [-0.05, 0) is 46.7 Å². The monoisotopic (exact) mass is 422 g/mol. The van der Waals surface area contributed by atoms with Gasteiger partial charge in [0.25, 0.3) is 5.56 Å². The largest absolute Gasteiger partial charge is 0.331 e. The summed E-state index contributed by atoms with van der Waals surface area (Å²) in [5.41, 5.74) is -0.224. The van der Waals surface area contributed by atoms with Crippen molar-refractivity contribution in [1.29, 1.82) is 0 Å². The first-order chi connectivity index (χ1) is 9.93. The van der Waals surface area contributed by atoms with Gasteiger partial charge in [-0.3, -0.25) is 13.9 Å². The minimum atomic E-state index is -0.456. The molecule has 0 bridgehead atoms. The van der Waals surface area contributed by atoms with E-state index in [1.165, 1.54) is 22.8 Å². The predicted octanol–water partition coefficient (Wildman–Crippen LogP) is 2.87. The fourth-order valence-corrected chi connectivity index (χ4v) is 2.83. The Balaban J connectivity index is 2.53. The molecule has 0 atom stereocenters. The van der Waals surface area contributed by atoms with Crippen LogP contribution in [0.4, 0.5) is 4.39 Å². The average molecular weight is 423 g/mol. The SMILES string of the molecule is CCCn1cc(I)c(=O)n(Cc2ccc(F)cc2Cl)c1=O. The lowest BCUT2D eigenvalue weighted by Crippen LogP contribution is -2.41. The Bertz CT molecular complexity index is 786. The number of aryl methyl sites for hydroxylation is 1. The number of hydrogen-bond acceptors (Lipinski definition) is 2. The van der Waals surface area contributed by atoms with Crippen LogP contribution in [0.3, 0.4) is 0 Å². The first kappa shape index (κ1) is 16.2. The molecule has 0 fully saturated rings. The Labute approximate surface area is 139 Å². The molecule has 0 spiro atoms. The zero-order valence-corrected chi connectivity index (χ0v) is 14.2. The molecule has 0 aliphatic rings. The van der Waals surface area contributed by atoms with Crippen molar-refractivity contribution in [2.24, 2.45) is 0 Å². The summed E-state index contributed by atoms with van der Waals surface area (Å²) in [6.45, 7) is 2.51. The van der Waals surface area contributed by atoms with Crippen molar-refractivity contribution in [2.75, 3.05) is 0 Å². The van der Waals surface area contributed by atoms with Crippen LogP contribution in [0, 0.1) is 9.39 Å². The quantitative estimate of drug-likeness (QED) is 0.711. The Hall–Kier alpha value is -1.15. The van der Waals surface area contributed by atoms with E-state index in [2.05, 4.69) is 0 Å². The van der Waals surface area contributed by atoms with Crippen molar-refractivity contribution in [3.8, 4) is 0 Å². The van der Waals surface area contributed by atoms with E-state index < -0.39 is 5.82 Å². The molecule has 2 rings (SSSR count). The number of halogens is 3. The van der Waals surface area contributed by atoms with Gasteiger partial charge >= 0.3 is 5.69 Å². The first-order valence-corrected chi connectivity index (χ1v) is 7.83. The van der Waals surface area contributed by atoms with Gasteiger partial charge in [0.1, 0.15) is 5.82 Å². The lowest BCUT2D eigenvalue weighted by Gasteiger charge is -2.11. The molecule has 4 nitrogen and oxygen atoms in total. The third-order valence-corrected chi connectivity index (χ3v) is 4.10. The van der Waals surface area contributed by atoms with E-state index in [1.54, 1.807) is 6.20 Å². The number of benzene rings is 1. The fraction of sp³-hybridized carbons (Fsp3) is 0.286. The van der Waals surface area contributed by atoms with Crippen molar-refractivity contribution in [1.82, 2.24) is 9.13 Å². The highest BCUT2D eigenvalue weighted by atomic mass is 127. The van der Waals surface area contributed by atoms with E-state index >= 15 is 0 Å². The molecule has 1 heterocycles. The third kappa shape index (κ3) is 3.55. The van der Waals surface area contributed by atoms with Crippen LogP contribution in [-0.4, -0.2) is 9.13 Å². The Morgan fingerprint density at radius 2 is 2.05 bits per heavy atom. The van der Waals surface area contributed by atoms with E-state index in [-0.39, 0.29) is 22.8 Å². The van der Waals surface area contributed by atoms with Crippen LogP contribution in [0.15, 0.2) is 34.0 Å². The van der Waals surface area contributed by atoms with Gasteiger partial charge in [-0.1, -0.05) is 24.6 Å². The average Bonchev–Trinajstić information content (AvgIpc) is 2.43. The van der Waals surface area contributed by atoms with E-state index in [1.807, 2.05) is 29.5 Å². The van der Waals surface area contributed by atoms with Crippen LogP contribution in [0.25, 0.3) is 0 Å². The van der Waals surface area contributed by atoms with Gasteiger partial charge in [0.05, 0.1) is 10.1 Å². The van der Waals surface area contributed by atoms with Crippen molar-refractivity contribution < 1.29 is 4.39 Å². The minimum absolute atomic E-state index is 0.0251. The number of aromatic nitrogens is 2. The van der Waals surface area contributed by atoms with Gasteiger partial charge in [0.15, 0.2) is 0 Å². The Morgan fingerprint density at radius 1 is 1.33 bits per heavy atom. The van der Waals surface area contributed by atoms with Crippen molar-refractivity contribution in [3.63, 3.8) is 0 Å². The van der Waals surface area contributed by atoms with Gasteiger partial charge in [0, 0.05) is 17.8 Å². The molecule has 7 heteroatoms. The summed E-state index contributed by atoms with van der Waals surface area (Å²) in [6, 6.07) is 3.90. The summed E-state index contributed by atoms with van der Waals surface area (Å²) >= 11 is 7.86. The summed E-state index contributed by atoms with van der Waals surface area (Å²) in [5, 5.41) is 0.196. The van der Waals surface area contributed by atoms with E-state index in [0.29, 0.717) is 15.7 Å². The molecular formula is C14H13ClFIN2O2. The molecule has 1 aromatic heterocycles. The molecule has 0 unspecified atom stereocenters. The summed E-state index contributed by atoms with van der Waals surface area (Å²) in [5.74, 6) is -0.456. The zero-order valence-electron chi connectivity index (χ0n) is 11.3. The van der Waals surface area contributed by atoms with Crippen molar-refractivity contribution >= 4 is 34.2 Å². The van der Waals surface area contributed by atoms with E-state index in [0.717, 1.165) is 11.0 Å². The minimum Gasteiger partial charge on any atom is -0.299 e. The highest BCUT2D eigenvalue weighted by molar-refractivity contribution is 14.1. The lowest BCUT2D eigenvalue weighted by molar-refractivity contribution is 0.566. The van der Waals surface area contributed by atoms with Crippen LogP contribution in [-0.2, 0) is 13.1 Å². The maximum Gasteiger partial charge on any atom is 0.331 e. The molecule has 2 aromatic rings. The van der Waals surface area contributed by atoms with E-state index in [4.69, 9.17) is 11.6 Å². The maximum atomic E-state index is 13.1. The molecule has 0 N–H and O–H groups in total. The van der Waals surface area contributed by atoms with Crippen molar-refractivity contribution in [3.05, 3.63) is 65.2 Å². The van der Waals surface area contributed by atoms with Gasteiger partial charge in [-0.15, -0.1) is 0 Å². The molecule has 0 saturated heterocycles. The second kappa shape index (κ2) is 6.74. The van der Waals surface area contributed by atoms with Gasteiger partial charge in [-0.2, -0.15) is 0 Å². The van der Waals surface area contributed by atoms with Gasteiger partial charge < -0.3 is 0 Å². The zero-order chi connectivity index (χ0) is 15.6. The highest BCUT2D eigenvalue weighted by Crippen LogP contribution is 2.17. The number of hydrogen-bond donors (Lipinski definition) is 0. The summed E-state index contributed by atoms with van der Waals surface area (Å²) in [7, 11) is 0. The van der Waals surface area contributed by atoms with Gasteiger partial charge in [0.2, 0.25) is 0 Å². The molecule has 0 radical (unpaired) electrons. The summed E-state index contributed by atoms with van der Waals surface area (Å²) < 4.78 is 16.1. The standard InChI is InChI=1S/C14H13ClFIN2O2/c1-2-5-18-8-12(17)13(20)19(14(18)21)7-9-3-4-10(16)6-11(9)15/h3-4,6,8H,2,5,7H2,1H3. The normalized spacial score (nSPS) is 10.9. The second-order valence-corrected chi connectivity index (χ2v) is 6.15. The first-order valence-electron chi connectivity index (χ1n) is 6.37. The molecule has 0 saturated carbocycles. The molecule has 0 aliphatic carbocycles. The van der Waals surface area contributed by atoms with Crippen LogP contribution in [0.5, 0.6) is 0 Å². The summed E-state index contributed by atoms with van der Waals surface area (Å²) in [4.78, 5) is 24.5. The lowest BCUT2D eigenvalue weighted by atomic mass is 10.2. The molecule has 21 heavy (non-hydrogen) atoms. The topological polar surface area (TPSA) is 44.0 Å². The molecule has 1 aromatic carbocycles. The van der Waals surface area contributed by atoms with Crippen LogP contribution in [0.2, 0.25) is 5.02 Å². The maximum absolute atomic E-state index is 13.1. The predicted molar refractivity (Wildman–Crippen MR) is 88.5 cm³/mol. The Morgan fingerprint density at radius 3 is 2.67 bits per heavy atom. The van der Waals surface area contributed by atoms with E-state index in [9.17, 15) is 14.0 Å². The number of nitrogens with zero attached hydrogens (tertiary/aromatic N) is 2. The summed E-state index contributed by atoms with van der Waals surface area (Å²) in [6.07, 6.45) is 2.34. The fourth-order valence-electron chi connectivity index (χ4n) is 1.98. The molecule has 0 aliphatic heterocycles. The van der Waals surface area contributed by atoms with Crippen molar-refractivity contribution in [2.45, 2.75) is 26.4 Å². The molecular weight excluding hydrogens is 410 g/mol. The van der Waals surface area contributed by atoms with Gasteiger partial charge in [-0.25, -0.2) is 9.18 Å².